The number of carbonyl (C=O) groups excluding carboxylic acids is 1. The summed E-state index contributed by atoms with van der Waals surface area (Å²) in [6, 6.07) is 4.51. The van der Waals surface area contributed by atoms with Crippen molar-refractivity contribution < 1.29 is 29.4 Å². The van der Waals surface area contributed by atoms with Gasteiger partial charge in [0.15, 0.2) is 5.84 Å². The standard InChI is InChI=1S/C15H21N3O6/c1-15(2,3)24-14(21)18(13(19)20)8-10-6-5-9(12(16)17-22)7-11(10)23-4/h5-7,22H,8H2,1-4H3,(H2,16,17)(H,19,20). The average Bonchev–Trinajstić information content (AvgIpc) is 2.49. The van der Waals surface area contributed by atoms with Crippen molar-refractivity contribution in [1.82, 2.24) is 4.90 Å². The molecule has 4 N–H and O–H groups in total. The van der Waals surface area contributed by atoms with E-state index in [1.54, 1.807) is 20.8 Å². The van der Waals surface area contributed by atoms with Crippen molar-refractivity contribution in [3.63, 3.8) is 0 Å². The first kappa shape index (κ1) is 19.1. The molecule has 0 spiro atoms. The second-order valence-electron chi connectivity index (χ2n) is 5.86. The third kappa shape index (κ3) is 5.04. The maximum absolute atomic E-state index is 12.0. The Balaban J connectivity index is 3.11. The number of oxime groups is 1. The molecule has 1 aromatic rings. The molecule has 2 amide bonds. The fraction of sp³-hybridized carbons (Fsp3) is 0.400. The van der Waals surface area contributed by atoms with Crippen molar-refractivity contribution in [3.05, 3.63) is 29.3 Å². The van der Waals surface area contributed by atoms with Gasteiger partial charge in [-0.2, -0.15) is 0 Å². The number of amidine groups is 1. The fourth-order valence-electron chi connectivity index (χ4n) is 1.79. The van der Waals surface area contributed by atoms with Crippen LogP contribution in [-0.2, 0) is 11.3 Å². The van der Waals surface area contributed by atoms with E-state index in [0.29, 0.717) is 16.0 Å². The number of benzene rings is 1. The Hall–Kier alpha value is -2.97. The Bertz CT molecular complexity index is 651. The number of hydrogen-bond donors (Lipinski definition) is 3. The van der Waals surface area contributed by atoms with Crippen molar-refractivity contribution in [1.29, 1.82) is 0 Å². The van der Waals surface area contributed by atoms with Crippen LogP contribution in [0.2, 0.25) is 0 Å². The van der Waals surface area contributed by atoms with Crippen molar-refractivity contribution in [3.8, 4) is 5.75 Å². The Morgan fingerprint density at radius 1 is 1.33 bits per heavy atom. The van der Waals surface area contributed by atoms with Gasteiger partial charge in [0.25, 0.3) is 0 Å². The fourth-order valence-corrected chi connectivity index (χ4v) is 1.79. The largest absolute Gasteiger partial charge is 0.496 e. The Morgan fingerprint density at radius 2 is 1.96 bits per heavy atom. The highest BCUT2D eigenvalue weighted by atomic mass is 16.6. The molecule has 132 valence electrons. The van der Waals surface area contributed by atoms with Crippen LogP contribution < -0.4 is 10.5 Å². The summed E-state index contributed by atoms with van der Waals surface area (Å²) < 4.78 is 10.3. The Kier molecular flexibility index (Phi) is 5.99. The molecule has 0 heterocycles. The minimum absolute atomic E-state index is 0.123. The lowest BCUT2D eigenvalue weighted by atomic mass is 10.1. The van der Waals surface area contributed by atoms with E-state index in [1.807, 2.05) is 0 Å². The van der Waals surface area contributed by atoms with Crippen LogP contribution in [0.4, 0.5) is 9.59 Å². The lowest BCUT2D eigenvalue weighted by Crippen LogP contribution is -2.39. The van der Waals surface area contributed by atoms with E-state index in [2.05, 4.69) is 5.16 Å². The van der Waals surface area contributed by atoms with Crippen LogP contribution in [0.5, 0.6) is 5.75 Å². The molecule has 0 aromatic heterocycles. The molecule has 24 heavy (non-hydrogen) atoms. The van der Waals surface area contributed by atoms with E-state index in [4.69, 9.17) is 20.4 Å². The number of amides is 2. The molecule has 1 aromatic carbocycles. The van der Waals surface area contributed by atoms with Crippen molar-refractivity contribution in [2.75, 3.05) is 7.11 Å². The quantitative estimate of drug-likeness (QED) is 0.331. The Labute approximate surface area is 139 Å². The molecule has 0 saturated carbocycles. The van der Waals surface area contributed by atoms with E-state index in [1.165, 1.54) is 25.3 Å². The van der Waals surface area contributed by atoms with Crippen LogP contribution in [0.25, 0.3) is 0 Å². The minimum atomic E-state index is -1.45. The second kappa shape index (κ2) is 7.53. The highest BCUT2D eigenvalue weighted by molar-refractivity contribution is 5.97. The first-order chi connectivity index (χ1) is 11.1. The number of carboxylic acid groups (broad SMARTS) is 1. The Morgan fingerprint density at radius 3 is 2.42 bits per heavy atom. The number of hydrogen-bond acceptors (Lipinski definition) is 6. The number of carbonyl (C=O) groups is 2. The van der Waals surface area contributed by atoms with Crippen molar-refractivity contribution >= 4 is 18.0 Å². The lowest BCUT2D eigenvalue weighted by molar-refractivity contribution is 0.0254. The molecule has 0 bridgehead atoms. The van der Waals surface area contributed by atoms with E-state index >= 15 is 0 Å². The maximum atomic E-state index is 12.0. The number of ether oxygens (including phenoxy) is 2. The zero-order chi connectivity index (χ0) is 18.5. The van der Waals surface area contributed by atoms with Gasteiger partial charge in [-0.25, -0.2) is 14.5 Å². The molecule has 0 aliphatic heterocycles. The minimum Gasteiger partial charge on any atom is -0.496 e. The summed E-state index contributed by atoms with van der Waals surface area (Å²) in [6.45, 7) is 4.63. The molecule has 0 aliphatic rings. The summed E-state index contributed by atoms with van der Waals surface area (Å²) in [7, 11) is 1.38. The summed E-state index contributed by atoms with van der Waals surface area (Å²) in [6.07, 6.45) is -2.44. The normalized spacial score (nSPS) is 11.8. The number of nitrogens with zero attached hydrogens (tertiary/aromatic N) is 2. The second-order valence-corrected chi connectivity index (χ2v) is 5.86. The van der Waals surface area contributed by atoms with Crippen LogP contribution in [0.1, 0.15) is 31.9 Å². The van der Waals surface area contributed by atoms with E-state index in [0.717, 1.165) is 0 Å². The molecule has 9 nitrogen and oxygen atoms in total. The molecule has 0 unspecified atom stereocenters. The predicted molar refractivity (Wildman–Crippen MR) is 85.3 cm³/mol. The van der Waals surface area contributed by atoms with Crippen LogP contribution >= 0.6 is 0 Å². The SMILES string of the molecule is COc1cc(/C(N)=N\O)ccc1CN(C(=O)O)C(=O)OC(C)(C)C. The number of imide groups is 1. The van der Waals surface area contributed by atoms with Gasteiger partial charge in [0.1, 0.15) is 11.4 Å². The smallest absolute Gasteiger partial charge is 0.420 e. The van der Waals surface area contributed by atoms with Crippen molar-refractivity contribution in [2.45, 2.75) is 32.9 Å². The third-order valence-corrected chi connectivity index (χ3v) is 2.86. The number of methoxy groups -OCH3 is 1. The zero-order valence-electron chi connectivity index (χ0n) is 13.9. The van der Waals surface area contributed by atoms with Gasteiger partial charge in [-0.05, 0) is 26.8 Å². The predicted octanol–water partition coefficient (Wildman–Crippen LogP) is 2.20. The molecular formula is C15H21N3O6. The van der Waals surface area contributed by atoms with Gasteiger partial charge in [-0.3, -0.25) is 0 Å². The molecule has 0 aliphatic carbocycles. The van der Waals surface area contributed by atoms with Crippen LogP contribution in [0.3, 0.4) is 0 Å². The van der Waals surface area contributed by atoms with Gasteiger partial charge in [0.05, 0.1) is 13.7 Å². The lowest BCUT2D eigenvalue weighted by Gasteiger charge is -2.25. The monoisotopic (exact) mass is 339 g/mol. The maximum Gasteiger partial charge on any atom is 0.420 e. The topological polar surface area (TPSA) is 135 Å². The molecular weight excluding hydrogens is 318 g/mol. The summed E-state index contributed by atoms with van der Waals surface area (Å²) in [5, 5.41) is 20.8. The van der Waals surface area contributed by atoms with Gasteiger partial charge >= 0.3 is 12.2 Å². The van der Waals surface area contributed by atoms with Gasteiger partial charge < -0.3 is 25.5 Å². The van der Waals surface area contributed by atoms with Crippen LogP contribution in [-0.4, -0.2) is 45.9 Å². The molecule has 0 fully saturated rings. The van der Waals surface area contributed by atoms with Crippen LogP contribution in [0, 0.1) is 0 Å². The summed E-state index contributed by atoms with van der Waals surface area (Å²) >= 11 is 0. The van der Waals surface area contributed by atoms with Gasteiger partial charge in [0.2, 0.25) is 0 Å². The molecule has 1 rings (SSSR count). The molecule has 0 saturated heterocycles. The van der Waals surface area contributed by atoms with Gasteiger partial charge in [-0.15, -0.1) is 0 Å². The van der Waals surface area contributed by atoms with Gasteiger partial charge in [-0.1, -0.05) is 17.3 Å². The van der Waals surface area contributed by atoms with Crippen molar-refractivity contribution in [2.24, 2.45) is 10.9 Å². The number of rotatable bonds is 4. The summed E-state index contributed by atoms with van der Waals surface area (Å²) in [4.78, 5) is 23.9. The van der Waals surface area contributed by atoms with Crippen LogP contribution in [0.15, 0.2) is 23.4 Å². The first-order valence-electron chi connectivity index (χ1n) is 6.97. The highest BCUT2D eigenvalue weighted by Crippen LogP contribution is 2.23. The van der Waals surface area contributed by atoms with Gasteiger partial charge in [0, 0.05) is 11.1 Å². The molecule has 0 atom stereocenters. The average molecular weight is 339 g/mol. The first-order valence-corrected chi connectivity index (χ1v) is 6.97. The third-order valence-electron chi connectivity index (χ3n) is 2.86. The number of nitrogens with two attached hydrogens (primary N) is 1. The molecule has 0 radical (unpaired) electrons. The summed E-state index contributed by atoms with van der Waals surface area (Å²) in [5.74, 6) is 0.163. The molecule has 9 heteroatoms. The van der Waals surface area contributed by atoms with E-state index in [-0.39, 0.29) is 18.1 Å². The highest BCUT2D eigenvalue weighted by Gasteiger charge is 2.28. The van der Waals surface area contributed by atoms with E-state index < -0.39 is 17.8 Å². The van der Waals surface area contributed by atoms with E-state index in [9.17, 15) is 14.7 Å². The summed E-state index contributed by atoms with van der Waals surface area (Å²) in [5.41, 5.74) is 5.48. The zero-order valence-corrected chi connectivity index (χ0v) is 13.9.